The van der Waals surface area contributed by atoms with Crippen molar-refractivity contribution in [3.63, 3.8) is 0 Å². The molecular weight excluding hydrogens is 501 g/mol. The Morgan fingerprint density at radius 3 is 1.82 bits per heavy atom. The molecule has 1 N–H and O–H groups in total. The predicted molar refractivity (Wildman–Crippen MR) is 160 cm³/mol. The zero-order valence-corrected chi connectivity index (χ0v) is 26.9. The van der Waals surface area contributed by atoms with Gasteiger partial charge in [0, 0.05) is 6.61 Å². The van der Waals surface area contributed by atoms with Gasteiger partial charge in [-0.25, -0.2) is 4.57 Å². The quantitative estimate of drug-likeness (QED) is 0.0496. The number of likely N-dealkylation sites (N-methyl/N-ethyl adjacent to an activating group) is 1. The lowest BCUT2D eigenvalue weighted by Crippen LogP contribution is -2.37. The van der Waals surface area contributed by atoms with Crippen LogP contribution in [0.1, 0.15) is 118 Å². The fraction of sp³-hybridized carbons (Fsp3) is 0.933. The van der Waals surface area contributed by atoms with E-state index in [9.17, 15) is 9.46 Å². The zero-order chi connectivity index (χ0) is 28.8. The van der Waals surface area contributed by atoms with Crippen molar-refractivity contribution in [1.29, 1.82) is 0 Å². The molecule has 228 valence electrons. The van der Waals surface area contributed by atoms with Gasteiger partial charge in [0.15, 0.2) is 0 Å². The van der Waals surface area contributed by atoms with Crippen LogP contribution in [0.5, 0.6) is 0 Å². The fourth-order valence-electron chi connectivity index (χ4n) is 3.93. The topological polar surface area (TPSA) is 74.2 Å². The first kappa shape index (κ1) is 37.7. The largest absolute Gasteiger partial charge is 0.472 e. The first-order valence-corrected chi connectivity index (χ1v) is 16.7. The summed E-state index contributed by atoms with van der Waals surface area (Å²) in [7, 11) is 1.86. The summed E-state index contributed by atoms with van der Waals surface area (Å²) in [6, 6.07) is 0. The minimum Gasteiger partial charge on any atom is -0.379 e. The standard InChI is InChI=1S/C30H62NO6P/c1-8-9-10-11-12-13-14-15-16-17-18-19-20-21-22-23-25-34-27-29(37-30(2,3)4)28-36-38(32,33)35-26-24-31(5,6)7/h14-15,29H,8-13,16-28H2,1-7H3/p+1/t29-/m1/s1. The molecule has 0 spiro atoms. The number of allylic oxidation sites excluding steroid dienone is 2. The van der Waals surface area contributed by atoms with Crippen molar-refractivity contribution >= 4 is 7.82 Å². The van der Waals surface area contributed by atoms with Gasteiger partial charge in [-0.3, -0.25) is 9.05 Å². The number of rotatable bonds is 26. The van der Waals surface area contributed by atoms with Crippen molar-refractivity contribution in [2.75, 3.05) is 54.1 Å². The van der Waals surface area contributed by atoms with Gasteiger partial charge in [0.25, 0.3) is 0 Å². The number of unbranched alkanes of at least 4 members (excludes halogenated alkanes) is 12. The van der Waals surface area contributed by atoms with E-state index < -0.39 is 19.5 Å². The molecule has 0 radical (unpaired) electrons. The number of quaternary nitrogens is 1. The Hall–Kier alpha value is -0.270. The van der Waals surface area contributed by atoms with E-state index in [-0.39, 0.29) is 13.2 Å². The van der Waals surface area contributed by atoms with Crippen LogP contribution in [-0.4, -0.2) is 75.2 Å². The summed E-state index contributed by atoms with van der Waals surface area (Å²) in [5.41, 5.74) is -0.411. The van der Waals surface area contributed by atoms with Gasteiger partial charge in [-0.1, -0.05) is 76.9 Å². The normalized spacial score (nSPS) is 15.3. The Kier molecular flexibility index (Phi) is 22.3. The molecule has 2 atom stereocenters. The van der Waals surface area contributed by atoms with E-state index in [1.165, 1.54) is 77.0 Å². The van der Waals surface area contributed by atoms with Crippen LogP contribution in [0.25, 0.3) is 0 Å². The van der Waals surface area contributed by atoms with E-state index in [1.54, 1.807) is 0 Å². The molecule has 0 aliphatic heterocycles. The molecular formula is C30H63NO6P+. The van der Waals surface area contributed by atoms with Gasteiger partial charge in [0.05, 0.1) is 40.0 Å². The lowest BCUT2D eigenvalue weighted by atomic mass is 10.1. The molecule has 8 heteroatoms. The smallest absolute Gasteiger partial charge is 0.379 e. The highest BCUT2D eigenvalue weighted by Crippen LogP contribution is 2.43. The molecule has 0 saturated carbocycles. The first-order chi connectivity index (χ1) is 17.8. The second-order valence-electron chi connectivity index (χ2n) is 12.5. The van der Waals surface area contributed by atoms with Crippen LogP contribution in [0.15, 0.2) is 12.2 Å². The molecule has 0 aromatic heterocycles. The maximum Gasteiger partial charge on any atom is 0.472 e. The second-order valence-corrected chi connectivity index (χ2v) is 13.9. The molecule has 0 aromatic rings. The van der Waals surface area contributed by atoms with E-state index in [0.717, 1.165) is 12.8 Å². The summed E-state index contributed by atoms with van der Waals surface area (Å²) in [5, 5.41) is 0. The molecule has 0 rings (SSSR count). The van der Waals surface area contributed by atoms with Crippen LogP contribution in [-0.2, 0) is 23.1 Å². The molecule has 0 bridgehead atoms. The summed E-state index contributed by atoms with van der Waals surface area (Å²) in [6.45, 7) is 9.78. The van der Waals surface area contributed by atoms with Crippen LogP contribution >= 0.6 is 7.82 Å². The Balaban J connectivity index is 3.87. The second kappa shape index (κ2) is 22.4. The van der Waals surface area contributed by atoms with Crippen molar-refractivity contribution < 1.29 is 32.5 Å². The Morgan fingerprint density at radius 2 is 1.29 bits per heavy atom. The van der Waals surface area contributed by atoms with Crippen molar-refractivity contribution in [2.24, 2.45) is 0 Å². The van der Waals surface area contributed by atoms with Gasteiger partial charge < -0.3 is 18.9 Å². The predicted octanol–water partition coefficient (Wildman–Crippen LogP) is 8.06. The molecule has 38 heavy (non-hydrogen) atoms. The molecule has 7 nitrogen and oxygen atoms in total. The zero-order valence-electron chi connectivity index (χ0n) is 26.0. The maximum atomic E-state index is 12.2. The van der Waals surface area contributed by atoms with E-state index in [0.29, 0.717) is 24.2 Å². The van der Waals surface area contributed by atoms with Crippen molar-refractivity contribution in [1.82, 2.24) is 0 Å². The van der Waals surface area contributed by atoms with Gasteiger partial charge >= 0.3 is 7.82 Å². The summed E-state index contributed by atoms with van der Waals surface area (Å²) < 4.78 is 35.0. The van der Waals surface area contributed by atoms with E-state index in [2.05, 4.69) is 19.1 Å². The highest BCUT2D eigenvalue weighted by molar-refractivity contribution is 7.47. The molecule has 0 aromatic carbocycles. The molecule has 0 fully saturated rings. The summed E-state index contributed by atoms with van der Waals surface area (Å²) in [5.74, 6) is 0. The van der Waals surface area contributed by atoms with Crippen LogP contribution < -0.4 is 0 Å². The van der Waals surface area contributed by atoms with E-state index in [4.69, 9.17) is 18.5 Å². The van der Waals surface area contributed by atoms with Gasteiger partial charge in [0.1, 0.15) is 19.3 Å². The number of hydrogen-bond donors (Lipinski definition) is 1. The van der Waals surface area contributed by atoms with Crippen molar-refractivity contribution in [3.8, 4) is 0 Å². The minimum absolute atomic E-state index is 0.0520. The lowest BCUT2D eigenvalue weighted by Gasteiger charge is -2.28. The Bertz CT molecular complexity index is 615. The Labute approximate surface area is 235 Å². The fourth-order valence-corrected chi connectivity index (χ4v) is 4.67. The molecule has 1 unspecified atom stereocenters. The number of hydrogen-bond acceptors (Lipinski definition) is 5. The SMILES string of the molecule is CCCCCCCC=CCCCCCCCCCOC[C@H](COP(=O)(O)OCC[N+](C)(C)C)OC(C)(C)C. The third-order valence-electron chi connectivity index (χ3n) is 6.06. The van der Waals surface area contributed by atoms with Crippen molar-refractivity contribution in [3.05, 3.63) is 12.2 Å². The maximum absolute atomic E-state index is 12.2. The van der Waals surface area contributed by atoms with Crippen molar-refractivity contribution in [2.45, 2.75) is 129 Å². The third-order valence-corrected chi connectivity index (χ3v) is 7.05. The van der Waals surface area contributed by atoms with Crippen LogP contribution in [0.3, 0.4) is 0 Å². The summed E-state index contributed by atoms with van der Waals surface area (Å²) in [6.07, 6.45) is 22.2. The number of phosphoric ester groups is 1. The number of ether oxygens (including phenoxy) is 2. The number of nitrogens with zero attached hydrogens (tertiary/aromatic N) is 1. The van der Waals surface area contributed by atoms with E-state index >= 15 is 0 Å². The van der Waals surface area contributed by atoms with Gasteiger partial charge in [-0.15, -0.1) is 0 Å². The van der Waals surface area contributed by atoms with Gasteiger partial charge in [0.2, 0.25) is 0 Å². The average molecular weight is 565 g/mol. The molecule has 0 saturated heterocycles. The molecule has 0 aliphatic rings. The molecule has 0 amide bonds. The average Bonchev–Trinajstić information content (AvgIpc) is 2.80. The molecule has 0 heterocycles. The highest BCUT2D eigenvalue weighted by atomic mass is 31.2. The molecule has 0 aliphatic carbocycles. The van der Waals surface area contributed by atoms with Gasteiger partial charge in [-0.05, 0) is 52.9 Å². The Morgan fingerprint density at radius 1 is 0.763 bits per heavy atom. The highest BCUT2D eigenvalue weighted by Gasteiger charge is 2.27. The van der Waals surface area contributed by atoms with Crippen LogP contribution in [0.4, 0.5) is 0 Å². The monoisotopic (exact) mass is 564 g/mol. The lowest BCUT2D eigenvalue weighted by molar-refractivity contribution is -0.870. The minimum atomic E-state index is -4.13. The van der Waals surface area contributed by atoms with E-state index in [1.807, 2.05) is 41.9 Å². The van der Waals surface area contributed by atoms with Gasteiger partial charge in [-0.2, -0.15) is 0 Å². The summed E-state index contributed by atoms with van der Waals surface area (Å²) in [4.78, 5) is 9.99. The first-order valence-electron chi connectivity index (χ1n) is 15.2. The van der Waals surface area contributed by atoms with Crippen LogP contribution in [0.2, 0.25) is 0 Å². The summed E-state index contributed by atoms with van der Waals surface area (Å²) >= 11 is 0. The number of phosphoric acid groups is 1. The van der Waals surface area contributed by atoms with Crippen LogP contribution in [0, 0.1) is 0 Å². The third kappa shape index (κ3) is 28.7.